The molecule has 1 aliphatic carbocycles. The molecule has 18 heavy (non-hydrogen) atoms. The number of β-amino-alcohol motifs (C(OH)–C–C–N with tert-alkyl or cyclic N) is 1. The van der Waals surface area contributed by atoms with Gasteiger partial charge >= 0.3 is 0 Å². The third-order valence-corrected chi connectivity index (χ3v) is 3.86. The van der Waals surface area contributed by atoms with Gasteiger partial charge in [-0.2, -0.15) is 0 Å². The van der Waals surface area contributed by atoms with Gasteiger partial charge in [0.05, 0.1) is 6.10 Å². The molecular formula is C15H21NO2. The van der Waals surface area contributed by atoms with Crippen molar-refractivity contribution in [2.75, 3.05) is 20.1 Å². The molecule has 98 valence electrons. The molecule has 3 rings (SSSR count). The van der Waals surface area contributed by atoms with Gasteiger partial charge in [0, 0.05) is 6.54 Å². The van der Waals surface area contributed by atoms with E-state index in [1.54, 1.807) is 0 Å². The molecule has 0 amide bonds. The van der Waals surface area contributed by atoms with Crippen LogP contribution >= 0.6 is 0 Å². The van der Waals surface area contributed by atoms with Gasteiger partial charge in [0.1, 0.15) is 11.4 Å². The number of ether oxygens (including phenoxy) is 1. The Balaban J connectivity index is 1.81. The monoisotopic (exact) mass is 247 g/mol. The van der Waals surface area contributed by atoms with Crippen LogP contribution in [0.2, 0.25) is 0 Å². The van der Waals surface area contributed by atoms with E-state index in [1.165, 1.54) is 0 Å². The van der Waals surface area contributed by atoms with Gasteiger partial charge in [0.2, 0.25) is 0 Å². The van der Waals surface area contributed by atoms with Crippen molar-refractivity contribution >= 4 is 0 Å². The normalized spacial score (nSPS) is 29.2. The van der Waals surface area contributed by atoms with Gasteiger partial charge in [-0.25, -0.2) is 0 Å². The summed E-state index contributed by atoms with van der Waals surface area (Å²) in [6, 6.07) is 7.99. The molecule has 1 aromatic rings. The number of benzene rings is 1. The number of piperidine rings is 1. The number of likely N-dealkylation sites (tertiary alicyclic amines) is 1. The molecule has 1 saturated heterocycles. The lowest BCUT2D eigenvalue weighted by Gasteiger charge is -2.37. The Morgan fingerprint density at radius 1 is 1.39 bits per heavy atom. The molecule has 1 unspecified atom stereocenters. The number of likely N-dealkylation sites (N-methyl/N-ethyl adjacent to an activating group) is 1. The summed E-state index contributed by atoms with van der Waals surface area (Å²) in [6.45, 7) is 1.78. The second kappa shape index (κ2) is 4.56. The largest absolute Gasteiger partial charge is 0.490 e. The average molecular weight is 247 g/mol. The van der Waals surface area contributed by atoms with Crippen molar-refractivity contribution in [1.82, 2.24) is 4.90 Å². The fraction of sp³-hybridized carbons (Fsp3) is 0.600. The minimum absolute atomic E-state index is 0.406. The predicted octanol–water partition coefficient (Wildman–Crippen LogP) is 2.14. The molecule has 1 heterocycles. The maximum Gasteiger partial charge on any atom is 0.120 e. The first kappa shape index (κ1) is 12.0. The third kappa shape index (κ3) is 2.52. The highest BCUT2D eigenvalue weighted by Gasteiger charge is 2.34. The molecule has 2 aliphatic rings. The molecule has 1 atom stereocenters. The first-order chi connectivity index (χ1) is 8.66. The van der Waals surface area contributed by atoms with Crippen LogP contribution in [0.5, 0.6) is 5.75 Å². The molecule has 0 bridgehead atoms. The van der Waals surface area contributed by atoms with Gasteiger partial charge in [0.15, 0.2) is 0 Å². The van der Waals surface area contributed by atoms with Gasteiger partial charge in [-0.1, -0.05) is 12.1 Å². The van der Waals surface area contributed by atoms with Crippen LogP contribution in [0, 0.1) is 0 Å². The minimum atomic E-state index is -0.712. The molecule has 0 aromatic heterocycles. The SMILES string of the molecule is CN1CCCC(O)(c2cccc(OC3CC3)c2)C1. The molecule has 1 saturated carbocycles. The highest BCUT2D eigenvalue weighted by atomic mass is 16.5. The van der Waals surface area contributed by atoms with Crippen LogP contribution in [0.3, 0.4) is 0 Å². The lowest BCUT2D eigenvalue weighted by molar-refractivity contribution is -0.0279. The van der Waals surface area contributed by atoms with E-state index in [9.17, 15) is 5.11 Å². The molecule has 0 radical (unpaired) electrons. The van der Waals surface area contributed by atoms with Gasteiger partial charge in [0.25, 0.3) is 0 Å². The fourth-order valence-corrected chi connectivity index (χ4v) is 2.72. The minimum Gasteiger partial charge on any atom is -0.490 e. The van der Waals surface area contributed by atoms with Crippen molar-refractivity contribution in [3.05, 3.63) is 29.8 Å². The number of aliphatic hydroxyl groups is 1. The summed E-state index contributed by atoms with van der Waals surface area (Å²) in [4.78, 5) is 2.19. The number of nitrogens with zero attached hydrogens (tertiary/aromatic N) is 1. The van der Waals surface area contributed by atoms with E-state index in [-0.39, 0.29) is 0 Å². The molecule has 1 N–H and O–H groups in total. The summed E-state index contributed by atoms with van der Waals surface area (Å²) >= 11 is 0. The zero-order valence-electron chi connectivity index (χ0n) is 10.9. The fourth-order valence-electron chi connectivity index (χ4n) is 2.72. The van der Waals surface area contributed by atoms with Crippen molar-refractivity contribution in [3.63, 3.8) is 0 Å². The van der Waals surface area contributed by atoms with Crippen LogP contribution in [0.15, 0.2) is 24.3 Å². The van der Waals surface area contributed by atoms with Crippen LogP contribution in [0.1, 0.15) is 31.2 Å². The number of hydrogen-bond donors (Lipinski definition) is 1. The molecule has 3 heteroatoms. The van der Waals surface area contributed by atoms with E-state index in [4.69, 9.17) is 4.74 Å². The summed E-state index contributed by atoms with van der Waals surface area (Å²) in [6.07, 6.45) is 4.61. The molecule has 3 nitrogen and oxygen atoms in total. The first-order valence-electron chi connectivity index (χ1n) is 6.84. The predicted molar refractivity (Wildman–Crippen MR) is 70.7 cm³/mol. The van der Waals surface area contributed by atoms with E-state index in [2.05, 4.69) is 11.9 Å². The van der Waals surface area contributed by atoms with Crippen molar-refractivity contribution in [2.45, 2.75) is 37.4 Å². The molecular weight excluding hydrogens is 226 g/mol. The van der Waals surface area contributed by atoms with Crippen molar-refractivity contribution in [3.8, 4) is 5.75 Å². The second-order valence-corrected chi connectivity index (χ2v) is 5.72. The highest BCUT2D eigenvalue weighted by molar-refractivity contribution is 5.33. The maximum atomic E-state index is 10.8. The molecule has 1 aromatic carbocycles. The van der Waals surface area contributed by atoms with E-state index >= 15 is 0 Å². The van der Waals surface area contributed by atoms with E-state index in [0.717, 1.165) is 43.5 Å². The summed E-state index contributed by atoms with van der Waals surface area (Å²) in [5.41, 5.74) is 0.280. The first-order valence-corrected chi connectivity index (χ1v) is 6.84. The summed E-state index contributed by atoms with van der Waals surface area (Å²) in [5, 5.41) is 10.8. The van der Waals surface area contributed by atoms with Crippen molar-refractivity contribution in [1.29, 1.82) is 0 Å². The lowest BCUT2D eigenvalue weighted by atomic mass is 9.86. The second-order valence-electron chi connectivity index (χ2n) is 5.72. The summed E-state index contributed by atoms with van der Waals surface area (Å²) in [7, 11) is 2.06. The smallest absolute Gasteiger partial charge is 0.120 e. The summed E-state index contributed by atoms with van der Waals surface area (Å²) < 4.78 is 5.80. The van der Waals surface area contributed by atoms with Gasteiger partial charge in [-0.05, 0) is 57.0 Å². The van der Waals surface area contributed by atoms with Gasteiger partial charge < -0.3 is 14.7 Å². The number of hydrogen-bond acceptors (Lipinski definition) is 3. The average Bonchev–Trinajstić information content (AvgIpc) is 3.13. The van der Waals surface area contributed by atoms with Crippen LogP contribution in [0.25, 0.3) is 0 Å². The number of rotatable bonds is 3. The van der Waals surface area contributed by atoms with Crippen LogP contribution < -0.4 is 4.74 Å². The van der Waals surface area contributed by atoms with Crippen LogP contribution in [0.4, 0.5) is 0 Å². The Hall–Kier alpha value is -1.06. The molecule has 2 fully saturated rings. The van der Waals surface area contributed by atoms with Crippen LogP contribution in [-0.4, -0.2) is 36.2 Å². The zero-order chi connectivity index (χ0) is 12.6. The molecule has 0 spiro atoms. The van der Waals surface area contributed by atoms with Crippen molar-refractivity contribution in [2.24, 2.45) is 0 Å². The third-order valence-electron chi connectivity index (χ3n) is 3.86. The Kier molecular flexibility index (Phi) is 3.04. The Bertz CT molecular complexity index is 430. The molecule has 1 aliphatic heterocycles. The summed E-state index contributed by atoms with van der Waals surface area (Å²) in [5.74, 6) is 0.900. The van der Waals surface area contributed by atoms with E-state index < -0.39 is 5.60 Å². The Morgan fingerprint density at radius 3 is 2.94 bits per heavy atom. The topological polar surface area (TPSA) is 32.7 Å². The Labute approximate surface area is 108 Å². The zero-order valence-corrected chi connectivity index (χ0v) is 10.9. The van der Waals surface area contributed by atoms with Crippen molar-refractivity contribution < 1.29 is 9.84 Å². The lowest BCUT2D eigenvalue weighted by Crippen LogP contribution is -2.44. The standard InChI is InChI=1S/C15H21NO2/c1-16-9-3-8-15(17,11-16)12-4-2-5-14(10-12)18-13-6-7-13/h2,4-5,10,13,17H,3,6-9,11H2,1H3. The van der Waals surface area contributed by atoms with Gasteiger partial charge in [-0.3, -0.25) is 0 Å². The quantitative estimate of drug-likeness (QED) is 0.888. The Morgan fingerprint density at radius 2 is 2.22 bits per heavy atom. The van der Waals surface area contributed by atoms with Gasteiger partial charge in [-0.15, -0.1) is 0 Å². The van der Waals surface area contributed by atoms with Crippen LogP contribution in [-0.2, 0) is 5.60 Å². The maximum absolute atomic E-state index is 10.8. The van der Waals surface area contributed by atoms with E-state index in [0.29, 0.717) is 12.6 Å². The highest BCUT2D eigenvalue weighted by Crippen LogP contribution is 2.34. The van der Waals surface area contributed by atoms with E-state index in [1.807, 2.05) is 24.3 Å².